The van der Waals surface area contributed by atoms with Gasteiger partial charge in [0.05, 0.1) is 19.4 Å². The number of rotatable bonds is 10. The molecule has 2 aromatic heterocycles. The molecule has 0 aliphatic rings. The molecule has 0 saturated carbocycles. The second-order valence-electron chi connectivity index (χ2n) is 7.90. The van der Waals surface area contributed by atoms with Gasteiger partial charge in [0.25, 0.3) is 0 Å². The Hall–Kier alpha value is -3.35. The Bertz CT molecular complexity index is 1310. The number of ether oxygens (including phenoxy) is 2. The van der Waals surface area contributed by atoms with E-state index in [9.17, 15) is 18.1 Å². The lowest BCUT2D eigenvalue weighted by Gasteiger charge is -2.17. The molecule has 0 unspecified atom stereocenters. The molecule has 1 aromatic carbocycles. The Morgan fingerprint density at radius 3 is 2.58 bits per heavy atom. The van der Waals surface area contributed by atoms with Gasteiger partial charge in [0, 0.05) is 17.4 Å². The molecule has 0 fully saturated rings. The predicted molar refractivity (Wildman–Crippen MR) is 135 cm³/mol. The smallest absolute Gasteiger partial charge is 0.437 e. The van der Waals surface area contributed by atoms with Crippen LogP contribution in [0.2, 0.25) is 5.15 Å². The standard InChI is InChI=1S/C23H25ClF2N4O5S/c1-36(33,30-23(31)32)13-14-8-20(24)29-22(9-14)35-7-3-2-6-34-19-10-15(4-5-17(19)25)16-11-21(27)28-12-18(16)26/h4-5,8-12,36H,2-3,6-7,13H2,1H3,(H2,27,28)(H,30,33)(H,31,32). The Kier molecular flexibility index (Phi) is 9.13. The number of halogens is 3. The molecule has 0 aliphatic heterocycles. The fourth-order valence-electron chi connectivity index (χ4n) is 3.27. The number of pyridine rings is 2. The number of amides is 1. The van der Waals surface area contributed by atoms with Crippen LogP contribution in [-0.4, -0.2) is 45.2 Å². The third kappa shape index (κ3) is 8.11. The zero-order valence-electron chi connectivity index (χ0n) is 19.2. The zero-order valence-corrected chi connectivity index (χ0v) is 20.8. The summed E-state index contributed by atoms with van der Waals surface area (Å²) in [6, 6.07) is 8.44. The highest BCUT2D eigenvalue weighted by Gasteiger charge is 2.12. The van der Waals surface area contributed by atoms with Crippen LogP contribution < -0.4 is 15.2 Å². The quantitative estimate of drug-likeness (QED) is 0.155. The van der Waals surface area contributed by atoms with Gasteiger partial charge in [-0.25, -0.2) is 23.5 Å². The Balaban J connectivity index is 1.52. The summed E-state index contributed by atoms with van der Waals surface area (Å²) in [7, 11) is -3.06. The number of thiol groups is 1. The van der Waals surface area contributed by atoms with E-state index < -0.39 is 27.8 Å². The molecule has 0 saturated heterocycles. The molecule has 0 bridgehead atoms. The summed E-state index contributed by atoms with van der Waals surface area (Å²) in [5.74, 6) is -0.828. The second kappa shape index (κ2) is 12.1. The van der Waals surface area contributed by atoms with Crippen LogP contribution in [0.4, 0.5) is 19.4 Å². The fraction of sp³-hybridized carbons (Fsp3) is 0.261. The molecule has 2 heterocycles. The van der Waals surface area contributed by atoms with Gasteiger partial charge in [-0.2, -0.15) is 4.36 Å². The van der Waals surface area contributed by atoms with Crippen molar-refractivity contribution in [2.45, 2.75) is 18.6 Å². The van der Waals surface area contributed by atoms with Gasteiger partial charge in [0.2, 0.25) is 5.88 Å². The number of hydrogen-bond donors (Lipinski definition) is 4. The molecule has 9 nitrogen and oxygen atoms in total. The number of carboxylic acid groups (broad SMARTS) is 1. The van der Waals surface area contributed by atoms with Crippen LogP contribution >= 0.6 is 11.6 Å². The first-order valence-electron chi connectivity index (χ1n) is 10.7. The molecule has 194 valence electrons. The normalized spacial score (nSPS) is 11.7. The van der Waals surface area contributed by atoms with Gasteiger partial charge in [0.1, 0.15) is 16.8 Å². The minimum Gasteiger partial charge on any atom is -0.490 e. The summed E-state index contributed by atoms with van der Waals surface area (Å²) in [5, 5.41) is 8.91. The number of benzene rings is 1. The molecule has 0 radical (unpaired) electrons. The van der Waals surface area contributed by atoms with Crippen molar-refractivity contribution < 1.29 is 32.7 Å². The number of carbonyl (C=O) groups is 1. The van der Waals surface area contributed by atoms with Gasteiger partial charge >= 0.3 is 6.09 Å². The number of unbranched alkanes of at least 4 members (excludes halogenated alkanes) is 1. The van der Waals surface area contributed by atoms with Crippen LogP contribution in [0.5, 0.6) is 11.6 Å². The summed E-state index contributed by atoms with van der Waals surface area (Å²) < 4.78 is 52.9. The van der Waals surface area contributed by atoms with Crippen molar-refractivity contribution in [2.24, 2.45) is 4.36 Å². The number of anilines is 1. The summed E-state index contributed by atoms with van der Waals surface area (Å²) in [4.78, 5) is 18.5. The lowest BCUT2D eigenvalue weighted by atomic mass is 10.1. The molecule has 0 spiro atoms. The van der Waals surface area contributed by atoms with E-state index in [2.05, 4.69) is 14.3 Å². The number of nitrogens with two attached hydrogens (primary N) is 1. The number of hydrogen-bond acceptors (Lipinski definition) is 6. The van der Waals surface area contributed by atoms with Crippen molar-refractivity contribution in [1.82, 2.24) is 9.97 Å². The molecular formula is C23H25ClF2N4O5S. The minimum atomic E-state index is -3.06. The fourth-order valence-corrected chi connectivity index (χ4v) is 4.81. The molecule has 3 aromatic rings. The van der Waals surface area contributed by atoms with Crippen LogP contribution in [0.3, 0.4) is 0 Å². The number of nitrogens with zero attached hydrogens (tertiary/aromatic N) is 3. The molecule has 1 amide bonds. The largest absolute Gasteiger partial charge is 0.490 e. The number of nitrogen functional groups attached to an aromatic ring is 1. The molecule has 36 heavy (non-hydrogen) atoms. The Morgan fingerprint density at radius 2 is 1.86 bits per heavy atom. The van der Waals surface area contributed by atoms with Crippen molar-refractivity contribution in [3.05, 3.63) is 64.9 Å². The maximum atomic E-state index is 14.2. The van der Waals surface area contributed by atoms with E-state index in [1.54, 1.807) is 6.07 Å². The first-order valence-corrected chi connectivity index (χ1v) is 13.4. The van der Waals surface area contributed by atoms with E-state index in [0.717, 1.165) is 6.20 Å². The van der Waals surface area contributed by atoms with Crippen molar-refractivity contribution >= 4 is 33.6 Å². The molecule has 0 atom stereocenters. The highest BCUT2D eigenvalue weighted by molar-refractivity contribution is 7.98. The van der Waals surface area contributed by atoms with Crippen molar-refractivity contribution in [1.29, 1.82) is 0 Å². The van der Waals surface area contributed by atoms with Crippen molar-refractivity contribution in [3.8, 4) is 22.8 Å². The first kappa shape index (κ1) is 27.2. The summed E-state index contributed by atoms with van der Waals surface area (Å²) in [6.07, 6.45) is 2.00. The molecular weight excluding hydrogens is 518 g/mol. The third-order valence-corrected chi connectivity index (χ3v) is 6.54. The topological polar surface area (TPSA) is 140 Å². The Morgan fingerprint density at radius 1 is 1.14 bits per heavy atom. The summed E-state index contributed by atoms with van der Waals surface area (Å²) in [5.41, 5.74) is 6.75. The maximum absolute atomic E-state index is 14.2. The van der Waals surface area contributed by atoms with Crippen LogP contribution in [0, 0.1) is 11.6 Å². The lowest BCUT2D eigenvalue weighted by molar-refractivity contribution is 0.206. The second-order valence-corrected chi connectivity index (χ2v) is 11.0. The van der Waals surface area contributed by atoms with E-state index in [1.165, 1.54) is 36.6 Å². The van der Waals surface area contributed by atoms with Crippen LogP contribution in [0.25, 0.3) is 11.1 Å². The van der Waals surface area contributed by atoms with Crippen molar-refractivity contribution in [2.75, 3.05) is 25.2 Å². The Labute approximate surface area is 212 Å². The predicted octanol–water partition coefficient (Wildman–Crippen LogP) is 5.25. The van der Waals surface area contributed by atoms with E-state index in [1.807, 2.05) is 0 Å². The average molecular weight is 543 g/mol. The van der Waals surface area contributed by atoms with Gasteiger partial charge in [-0.3, -0.25) is 0 Å². The monoisotopic (exact) mass is 542 g/mol. The van der Waals surface area contributed by atoms with Gasteiger partial charge in [-0.05, 0) is 54.5 Å². The third-order valence-electron chi connectivity index (χ3n) is 4.78. The van der Waals surface area contributed by atoms with E-state index in [4.69, 9.17) is 31.9 Å². The highest BCUT2D eigenvalue weighted by atomic mass is 35.5. The van der Waals surface area contributed by atoms with E-state index in [-0.39, 0.29) is 47.1 Å². The first-order chi connectivity index (χ1) is 17.0. The van der Waals surface area contributed by atoms with Gasteiger partial charge < -0.3 is 24.9 Å². The zero-order chi connectivity index (χ0) is 26.3. The van der Waals surface area contributed by atoms with Crippen LogP contribution in [-0.2, 0) is 15.9 Å². The molecule has 13 heteroatoms. The van der Waals surface area contributed by atoms with E-state index >= 15 is 0 Å². The maximum Gasteiger partial charge on any atom is 0.437 e. The number of aromatic nitrogens is 2. The highest BCUT2D eigenvalue weighted by Crippen LogP contribution is 2.29. The molecule has 3 rings (SSSR count). The lowest BCUT2D eigenvalue weighted by Crippen LogP contribution is -2.13. The van der Waals surface area contributed by atoms with Gasteiger partial charge in [0.15, 0.2) is 11.6 Å². The van der Waals surface area contributed by atoms with E-state index in [0.29, 0.717) is 24.0 Å². The molecule has 0 aliphatic carbocycles. The van der Waals surface area contributed by atoms with Crippen LogP contribution in [0.15, 0.2) is 47.0 Å². The van der Waals surface area contributed by atoms with Gasteiger partial charge in [-0.1, -0.05) is 27.8 Å². The van der Waals surface area contributed by atoms with Gasteiger partial charge in [-0.15, -0.1) is 0 Å². The summed E-state index contributed by atoms with van der Waals surface area (Å²) >= 11 is 6.01. The van der Waals surface area contributed by atoms with Crippen molar-refractivity contribution in [3.63, 3.8) is 0 Å². The summed E-state index contributed by atoms with van der Waals surface area (Å²) in [6.45, 7) is 0.439. The minimum absolute atomic E-state index is 0.00630. The molecule has 4 N–H and O–H groups in total. The average Bonchev–Trinajstić information content (AvgIpc) is 2.77. The van der Waals surface area contributed by atoms with Crippen LogP contribution in [0.1, 0.15) is 18.4 Å². The SMILES string of the molecule is C[SH](O)(Cc1cc(Cl)nc(OCCCCOc2cc(-c3cc(N)ncc3F)ccc2F)c1)=NC(=O)O.